The molecule has 0 aliphatic carbocycles. The lowest BCUT2D eigenvalue weighted by molar-refractivity contribution is -0.0680. The summed E-state index contributed by atoms with van der Waals surface area (Å²) in [5, 5.41) is 18.3. The Labute approximate surface area is 78.9 Å². The number of rotatable bonds is 5. The maximum atomic E-state index is 9.33. The maximum Gasteiger partial charge on any atom is 0.283 e. The molecule has 4 atom stereocenters. The average Bonchev–Trinajstić information content (AvgIpc) is 2.05. The van der Waals surface area contributed by atoms with Crippen molar-refractivity contribution >= 4 is 21.0 Å². The Hall–Kier alpha value is 0.255. The molecule has 0 heterocycles. The molecule has 0 rings (SSSR count). The standard InChI is InChI=1S/C6H13BO4S/c1-3(8)5(9)6(11-12)4(2)10-7/h3-6,8-9,12H,1-2H3. The zero-order chi connectivity index (χ0) is 9.72. The Morgan fingerprint density at radius 3 is 2.08 bits per heavy atom. The molecule has 0 aromatic heterocycles. The van der Waals surface area contributed by atoms with Crippen LogP contribution in [0.4, 0.5) is 0 Å². The van der Waals surface area contributed by atoms with E-state index < -0.39 is 24.4 Å². The van der Waals surface area contributed by atoms with Crippen molar-refractivity contribution in [3.8, 4) is 0 Å². The van der Waals surface area contributed by atoms with Crippen LogP contribution in [-0.2, 0) is 8.84 Å². The smallest absolute Gasteiger partial charge is 0.283 e. The largest absolute Gasteiger partial charge is 0.442 e. The lowest BCUT2D eigenvalue weighted by Crippen LogP contribution is -2.43. The maximum absolute atomic E-state index is 9.33. The van der Waals surface area contributed by atoms with Crippen molar-refractivity contribution in [3.63, 3.8) is 0 Å². The molecular weight excluding hydrogens is 179 g/mol. The van der Waals surface area contributed by atoms with Gasteiger partial charge in [-0.25, -0.2) is 0 Å². The van der Waals surface area contributed by atoms with Crippen LogP contribution < -0.4 is 0 Å². The molecule has 4 unspecified atom stereocenters. The van der Waals surface area contributed by atoms with Gasteiger partial charge in [-0.05, 0) is 26.8 Å². The summed E-state index contributed by atoms with van der Waals surface area (Å²) < 4.78 is 9.04. The van der Waals surface area contributed by atoms with Crippen LogP contribution in [-0.4, -0.2) is 42.7 Å². The SMILES string of the molecule is [B]OC(C)C(OS)C(O)C(C)O. The molecule has 0 saturated heterocycles. The number of aliphatic hydroxyl groups excluding tert-OH is 2. The van der Waals surface area contributed by atoms with Crippen LogP contribution in [0.2, 0.25) is 0 Å². The van der Waals surface area contributed by atoms with Crippen molar-refractivity contribution < 1.29 is 19.1 Å². The minimum atomic E-state index is -1.07. The van der Waals surface area contributed by atoms with Gasteiger partial charge in [0.15, 0.2) is 0 Å². The van der Waals surface area contributed by atoms with Gasteiger partial charge in [0.25, 0.3) is 8.05 Å². The van der Waals surface area contributed by atoms with Gasteiger partial charge in [-0.2, -0.15) is 0 Å². The predicted molar refractivity (Wildman–Crippen MR) is 47.8 cm³/mol. The van der Waals surface area contributed by atoms with Crippen molar-refractivity contribution in [2.45, 2.75) is 38.3 Å². The van der Waals surface area contributed by atoms with Crippen molar-refractivity contribution in [3.05, 3.63) is 0 Å². The van der Waals surface area contributed by atoms with E-state index >= 15 is 0 Å². The van der Waals surface area contributed by atoms with Crippen LogP contribution in [0.3, 0.4) is 0 Å². The molecule has 0 saturated carbocycles. The number of thiol groups is 1. The van der Waals surface area contributed by atoms with Gasteiger partial charge in [-0.3, -0.25) is 0 Å². The van der Waals surface area contributed by atoms with Gasteiger partial charge < -0.3 is 19.1 Å². The zero-order valence-electron chi connectivity index (χ0n) is 7.04. The second-order valence-corrected chi connectivity index (χ2v) is 2.85. The molecule has 4 nitrogen and oxygen atoms in total. The van der Waals surface area contributed by atoms with Gasteiger partial charge in [0.1, 0.15) is 12.2 Å². The highest BCUT2D eigenvalue weighted by Crippen LogP contribution is 2.12. The molecule has 12 heavy (non-hydrogen) atoms. The van der Waals surface area contributed by atoms with Gasteiger partial charge in [0.05, 0.1) is 12.2 Å². The third kappa shape index (κ3) is 3.32. The molecule has 2 radical (unpaired) electrons. The summed E-state index contributed by atoms with van der Waals surface area (Å²) >= 11 is 3.54. The van der Waals surface area contributed by atoms with E-state index in [0.29, 0.717) is 0 Å². The molecule has 70 valence electrons. The molecule has 0 amide bonds. The van der Waals surface area contributed by atoms with Crippen LogP contribution in [0.25, 0.3) is 0 Å². The quantitative estimate of drug-likeness (QED) is 0.310. The first-order valence-electron chi connectivity index (χ1n) is 3.56. The fourth-order valence-electron chi connectivity index (χ4n) is 0.778. The molecule has 0 spiro atoms. The lowest BCUT2D eigenvalue weighted by atomic mass is 10.0. The minimum absolute atomic E-state index is 0.535. The third-order valence-corrected chi connectivity index (χ3v) is 1.87. The Morgan fingerprint density at radius 1 is 1.33 bits per heavy atom. The minimum Gasteiger partial charge on any atom is -0.442 e. The number of hydrogen-bond acceptors (Lipinski definition) is 5. The Kier molecular flexibility index (Phi) is 5.95. The van der Waals surface area contributed by atoms with Crippen LogP contribution in [0.5, 0.6) is 0 Å². The normalized spacial score (nSPS) is 21.4. The van der Waals surface area contributed by atoms with Crippen LogP contribution in [0, 0.1) is 0 Å². The first kappa shape index (κ1) is 12.3. The van der Waals surface area contributed by atoms with Crippen LogP contribution in [0.1, 0.15) is 13.8 Å². The fraction of sp³-hybridized carbons (Fsp3) is 1.00. The van der Waals surface area contributed by atoms with Crippen LogP contribution in [0.15, 0.2) is 0 Å². The topological polar surface area (TPSA) is 58.9 Å². The molecule has 0 aliphatic rings. The third-order valence-electron chi connectivity index (χ3n) is 1.63. The number of hydrogen-bond donors (Lipinski definition) is 3. The summed E-state index contributed by atoms with van der Waals surface area (Å²) in [5.74, 6) is 0. The highest BCUT2D eigenvalue weighted by Gasteiger charge is 2.28. The summed E-state index contributed by atoms with van der Waals surface area (Å²) in [6.07, 6.45) is -3.27. The van der Waals surface area contributed by atoms with Gasteiger partial charge in [-0.15, -0.1) is 0 Å². The fourth-order valence-corrected chi connectivity index (χ4v) is 1.07. The van der Waals surface area contributed by atoms with E-state index in [1.165, 1.54) is 6.92 Å². The summed E-state index contributed by atoms with van der Waals surface area (Å²) in [6.45, 7) is 3.04. The molecule has 0 bridgehead atoms. The molecule has 0 aromatic rings. The monoisotopic (exact) mass is 192 g/mol. The highest BCUT2D eigenvalue weighted by atomic mass is 32.1. The van der Waals surface area contributed by atoms with Crippen LogP contribution >= 0.6 is 12.9 Å². The van der Waals surface area contributed by atoms with Crippen molar-refractivity contribution in [2.75, 3.05) is 0 Å². The second-order valence-electron chi connectivity index (χ2n) is 2.64. The summed E-state index contributed by atoms with van der Waals surface area (Å²) in [4.78, 5) is 0. The van der Waals surface area contributed by atoms with E-state index in [1.807, 2.05) is 0 Å². The first-order chi connectivity index (χ1) is 5.54. The summed E-state index contributed by atoms with van der Waals surface area (Å²) in [5.41, 5.74) is 0. The molecule has 0 aromatic carbocycles. The summed E-state index contributed by atoms with van der Waals surface area (Å²) in [6, 6.07) is 0. The Bertz CT molecular complexity index is 124. The molecule has 6 heteroatoms. The lowest BCUT2D eigenvalue weighted by Gasteiger charge is -2.27. The van der Waals surface area contributed by atoms with Crippen molar-refractivity contribution in [1.29, 1.82) is 0 Å². The number of aliphatic hydroxyl groups is 2. The van der Waals surface area contributed by atoms with Crippen molar-refractivity contribution in [2.24, 2.45) is 0 Å². The molecule has 0 fully saturated rings. The Balaban J connectivity index is 4.13. The molecular formula is C6H13BO4S. The Morgan fingerprint density at radius 2 is 1.83 bits per heavy atom. The van der Waals surface area contributed by atoms with E-state index in [0.717, 1.165) is 0 Å². The van der Waals surface area contributed by atoms with Gasteiger partial charge in [0, 0.05) is 0 Å². The van der Waals surface area contributed by atoms with E-state index in [-0.39, 0.29) is 0 Å². The average molecular weight is 192 g/mol. The highest BCUT2D eigenvalue weighted by molar-refractivity contribution is 7.75. The molecule has 2 N–H and O–H groups in total. The van der Waals surface area contributed by atoms with E-state index in [1.54, 1.807) is 6.92 Å². The second kappa shape index (κ2) is 5.82. The zero-order valence-corrected chi connectivity index (χ0v) is 7.94. The van der Waals surface area contributed by atoms with E-state index in [2.05, 4.69) is 21.7 Å². The molecule has 0 aliphatic heterocycles. The first-order valence-corrected chi connectivity index (χ1v) is 3.93. The van der Waals surface area contributed by atoms with E-state index in [4.69, 9.17) is 13.2 Å². The van der Waals surface area contributed by atoms with Crippen molar-refractivity contribution in [1.82, 2.24) is 0 Å². The van der Waals surface area contributed by atoms with Gasteiger partial charge >= 0.3 is 0 Å². The van der Waals surface area contributed by atoms with Gasteiger partial charge in [-0.1, -0.05) is 0 Å². The summed E-state index contributed by atoms with van der Waals surface area (Å²) in [7, 11) is 4.88. The predicted octanol–water partition coefficient (Wildman–Crippen LogP) is -0.553. The van der Waals surface area contributed by atoms with Gasteiger partial charge in [0.2, 0.25) is 0 Å². The van der Waals surface area contributed by atoms with E-state index in [9.17, 15) is 5.11 Å².